The van der Waals surface area contributed by atoms with Crippen molar-refractivity contribution in [2.24, 2.45) is 17.0 Å². The summed E-state index contributed by atoms with van der Waals surface area (Å²) in [7, 11) is 0. The van der Waals surface area contributed by atoms with Crippen LogP contribution in [-0.4, -0.2) is 17.0 Å². The molecule has 2 fully saturated rings. The third kappa shape index (κ3) is 1.94. The van der Waals surface area contributed by atoms with Crippen LogP contribution in [0.25, 0.3) is 0 Å². The predicted octanol–water partition coefficient (Wildman–Crippen LogP) is 4.55. The van der Waals surface area contributed by atoms with Crippen molar-refractivity contribution in [3.05, 3.63) is 59.7 Å². The second-order valence-electron chi connectivity index (χ2n) is 7.37. The van der Waals surface area contributed by atoms with E-state index in [2.05, 4.69) is 58.6 Å². The highest BCUT2D eigenvalue weighted by Gasteiger charge is 2.49. The highest BCUT2D eigenvalue weighted by molar-refractivity contribution is 5.99. The van der Waals surface area contributed by atoms with E-state index < -0.39 is 0 Å². The summed E-state index contributed by atoms with van der Waals surface area (Å²) < 4.78 is 0. The fourth-order valence-corrected chi connectivity index (χ4v) is 5.15. The Balaban J connectivity index is 1.72. The molecule has 2 saturated carbocycles. The van der Waals surface area contributed by atoms with Gasteiger partial charge in [0.1, 0.15) is 0 Å². The fraction of sp³-hybridized carbons (Fsp3) is 0.381. The van der Waals surface area contributed by atoms with E-state index in [9.17, 15) is 5.21 Å². The molecule has 24 heavy (non-hydrogen) atoms. The van der Waals surface area contributed by atoms with Gasteiger partial charge >= 0.3 is 0 Å². The molecule has 1 N–H and O–H groups in total. The number of fused-ring (bicyclic) bond motifs is 4. The summed E-state index contributed by atoms with van der Waals surface area (Å²) >= 11 is 0. The van der Waals surface area contributed by atoms with Gasteiger partial charge in [0.25, 0.3) is 0 Å². The maximum Gasteiger partial charge on any atom is 0.0832 e. The van der Waals surface area contributed by atoms with Crippen molar-refractivity contribution >= 4 is 17.1 Å². The Hall–Kier alpha value is -2.29. The van der Waals surface area contributed by atoms with Gasteiger partial charge < -0.3 is 10.1 Å². The van der Waals surface area contributed by atoms with Crippen LogP contribution in [0.4, 0.5) is 11.4 Å². The fourth-order valence-electron chi connectivity index (χ4n) is 5.15. The van der Waals surface area contributed by atoms with Crippen LogP contribution < -0.4 is 4.90 Å². The monoisotopic (exact) mass is 318 g/mol. The maximum atomic E-state index is 9.72. The van der Waals surface area contributed by atoms with E-state index in [4.69, 9.17) is 0 Å². The summed E-state index contributed by atoms with van der Waals surface area (Å²) in [4.78, 5) is 2.48. The third-order valence-electron chi connectivity index (χ3n) is 6.20. The number of benzene rings is 2. The Morgan fingerprint density at radius 1 is 0.875 bits per heavy atom. The molecule has 122 valence electrons. The van der Waals surface area contributed by atoms with Crippen molar-refractivity contribution in [1.29, 1.82) is 0 Å². The van der Waals surface area contributed by atoms with Crippen LogP contribution in [0.5, 0.6) is 0 Å². The van der Waals surface area contributed by atoms with E-state index in [0.717, 1.165) is 18.6 Å². The quantitative estimate of drug-likeness (QED) is 0.618. The first-order valence-corrected chi connectivity index (χ1v) is 9.03. The minimum Gasteiger partial charge on any atom is -0.411 e. The van der Waals surface area contributed by atoms with Gasteiger partial charge in [-0.15, -0.1) is 0 Å². The maximum absolute atomic E-state index is 9.72. The number of hydrogen-bond donors (Lipinski definition) is 1. The molecular weight excluding hydrogens is 296 g/mol. The minimum absolute atomic E-state index is 0.203. The molecule has 0 aromatic heterocycles. The predicted molar refractivity (Wildman–Crippen MR) is 96.3 cm³/mol. The Bertz CT molecular complexity index is 765. The highest BCUT2D eigenvalue weighted by Crippen LogP contribution is 2.49. The molecule has 1 aliphatic heterocycles. The van der Waals surface area contributed by atoms with Crippen LogP contribution >= 0.6 is 0 Å². The van der Waals surface area contributed by atoms with Crippen LogP contribution in [0.3, 0.4) is 0 Å². The molecule has 2 aromatic rings. The topological polar surface area (TPSA) is 35.8 Å². The molecule has 0 radical (unpaired) electrons. The van der Waals surface area contributed by atoms with Gasteiger partial charge in [0.05, 0.1) is 11.8 Å². The van der Waals surface area contributed by atoms with E-state index in [-0.39, 0.29) is 6.04 Å². The van der Waals surface area contributed by atoms with E-state index in [1.807, 2.05) is 0 Å². The van der Waals surface area contributed by atoms with Crippen molar-refractivity contribution in [1.82, 2.24) is 0 Å². The molecule has 2 bridgehead atoms. The van der Waals surface area contributed by atoms with Gasteiger partial charge in [0.15, 0.2) is 0 Å². The number of nitrogens with zero attached hydrogens (tertiary/aromatic N) is 2. The van der Waals surface area contributed by atoms with Crippen molar-refractivity contribution in [3.8, 4) is 0 Å². The molecule has 5 rings (SSSR count). The van der Waals surface area contributed by atoms with Crippen LogP contribution in [0.2, 0.25) is 0 Å². The van der Waals surface area contributed by atoms with Crippen molar-refractivity contribution < 1.29 is 5.21 Å². The summed E-state index contributed by atoms with van der Waals surface area (Å²) in [6.07, 6.45) is 5.73. The number of oxime groups is 1. The Morgan fingerprint density at radius 3 is 2.12 bits per heavy atom. The smallest absolute Gasteiger partial charge is 0.0832 e. The second-order valence-corrected chi connectivity index (χ2v) is 7.37. The van der Waals surface area contributed by atoms with Crippen LogP contribution in [-0.2, 0) is 12.8 Å². The lowest BCUT2D eigenvalue weighted by Gasteiger charge is -2.37. The second kappa shape index (κ2) is 5.37. The van der Waals surface area contributed by atoms with Gasteiger partial charge in [0.2, 0.25) is 0 Å². The van der Waals surface area contributed by atoms with Gasteiger partial charge in [-0.25, -0.2) is 0 Å². The average molecular weight is 318 g/mol. The largest absolute Gasteiger partial charge is 0.411 e. The zero-order valence-electron chi connectivity index (χ0n) is 13.7. The van der Waals surface area contributed by atoms with Gasteiger partial charge in [-0.1, -0.05) is 41.6 Å². The molecule has 0 spiro atoms. The first kappa shape index (κ1) is 14.1. The first-order valence-electron chi connectivity index (χ1n) is 9.03. The molecule has 3 nitrogen and oxygen atoms in total. The number of anilines is 2. The summed E-state index contributed by atoms with van der Waals surface area (Å²) in [5.41, 5.74) is 6.38. The molecule has 3 heteroatoms. The Morgan fingerprint density at radius 2 is 1.50 bits per heavy atom. The number of hydrogen-bond acceptors (Lipinski definition) is 3. The molecule has 2 aromatic carbocycles. The Kier molecular flexibility index (Phi) is 3.15. The average Bonchev–Trinajstić information content (AvgIpc) is 3.19. The molecule has 0 saturated heterocycles. The molecule has 3 atom stereocenters. The standard InChI is InChI=1S/C21H22N2O/c24-22-20-16-11-12-17(13-16)21(20)23-18-7-3-1-5-14(18)9-10-15-6-2-4-8-19(15)23/h1-8,16-17,21,24H,9-13H2/b22-20+. The molecule has 3 unspecified atom stereocenters. The van der Waals surface area contributed by atoms with Gasteiger partial charge in [-0.3, -0.25) is 0 Å². The van der Waals surface area contributed by atoms with Gasteiger partial charge in [-0.2, -0.15) is 0 Å². The van der Waals surface area contributed by atoms with Crippen molar-refractivity contribution in [3.63, 3.8) is 0 Å². The van der Waals surface area contributed by atoms with E-state index in [0.29, 0.717) is 11.8 Å². The first-order chi connectivity index (χ1) is 11.9. The molecular formula is C21H22N2O. The lowest BCUT2D eigenvalue weighted by Crippen LogP contribution is -2.42. The van der Waals surface area contributed by atoms with E-state index in [1.54, 1.807) is 0 Å². The summed E-state index contributed by atoms with van der Waals surface area (Å²) in [6.45, 7) is 0. The lowest BCUT2D eigenvalue weighted by atomic mass is 9.90. The van der Waals surface area contributed by atoms with Crippen LogP contribution in [0.15, 0.2) is 53.7 Å². The molecule has 2 aliphatic carbocycles. The zero-order valence-corrected chi connectivity index (χ0v) is 13.7. The normalized spacial score (nSPS) is 29.4. The molecule has 0 amide bonds. The SMILES string of the molecule is O/N=C1\C2CCC(C2)C1N1c2ccccc2CCc2ccccc21. The van der Waals surface area contributed by atoms with Crippen molar-refractivity contribution in [2.45, 2.75) is 38.1 Å². The lowest BCUT2D eigenvalue weighted by molar-refractivity contribution is 0.311. The van der Waals surface area contributed by atoms with Gasteiger partial charge in [-0.05, 0) is 61.3 Å². The summed E-state index contributed by atoms with van der Waals surface area (Å²) in [6, 6.07) is 17.7. The third-order valence-corrected chi connectivity index (χ3v) is 6.20. The van der Waals surface area contributed by atoms with E-state index >= 15 is 0 Å². The summed E-state index contributed by atoms with van der Waals surface area (Å²) in [5, 5.41) is 13.5. The minimum atomic E-state index is 0.203. The van der Waals surface area contributed by atoms with Crippen molar-refractivity contribution in [2.75, 3.05) is 4.90 Å². The summed E-state index contributed by atoms with van der Waals surface area (Å²) in [5.74, 6) is 1.06. The molecule has 3 aliphatic rings. The van der Waals surface area contributed by atoms with E-state index in [1.165, 1.54) is 41.8 Å². The number of para-hydroxylation sites is 2. The highest BCUT2D eigenvalue weighted by atomic mass is 16.4. The zero-order chi connectivity index (χ0) is 16.1. The number of rotatable bonds is 1. The molecule has 1 heterocycles. The van der Waals surface area contributed by atoms with Crippen LogP contribution in [0.1, 0.15) is 30.4 Å². The van der Waals surface area contributed by atoms with Crippen LogP contribution in [0, 0.1) is 11.8 Å². The number of aryl methyl sites for hydroxylation is 2. The Labute approximate surface area is 142 Å². The van der Waals surface area contributed by atoms with Gasteiger partial charge in [0, 0.05) is 17.3 Å².